The maximum atomic E-state index is 14.9. The molecule has 4 aromatic rings. The number of nitrogens with one attached hydrogen (secondary N) is 1. The van der Waals surface area contributed by atoms with Crippen molar-refractivity contribution < 1.29 is 18.8 Å². The predicted molar refractivity (Wildman–Crippen MR) is 151 cm³/mol. The van der Waals surface area contributed by atoms with E-state index in [0.29, 0.717) is 27.4 Å². The van der Waals surface area contributed by atoms with Gasteiger partial charge in [-0.05, 0) is 65.2 Å². The predicted octanol–water partition coefficient (Wildman–Crippen LogP) is 6.46. The van der Waals surface area contributed by atoms with E-state index in [1.165, 1.54) is 18.2 Å². The molecule has 4 aromatic carbocycles. The molecule has 3 aliphatic rings. The number of fused-ring (bicyclic) bond motifs is 6. The van der Waals surface area contributed by atoms with Gasteiger partial charge in [0.05, 0.1) is 12.0 Å². The van der Waals surface area contributed by atoms with Crippen LogP contribution in [0, 0.1) is 11.7 Å². The quantitative estimate of drug-likeness (QED) is 0.297. The molecule has 3 heterocycles. The summed E-state index contributed by atoms with van der Waals surface area (Å²) >= 11 is 6.12. The Morgan fingerprint density at radius 3 is 2.33 bits per heavy atom. The Morgan fingerprint density at radius 1 is 0.850 bits per heavy atom. The smallest absolute Gasteiger partial charge is 0.238 e. The fourth-order valence-corrected chi connectivity index (χ4v) is 6.88. The Morgan fingerprint density at radius 2 is 1.55 bits per heavy atom. The van der Waals surface area contributed by atoms with Crippen LogP contribution in [0.2, 0.25) is 5.02 Å². The maximum absolute atomic E-state index is 14.9. The summed E-state index contributed by atoms with van der Waals surface area (Å²) in [4.78, 5) is 45.2. The van der Waals surface area contributed by atoms with Gasteiger partial charge in [-0.3, -0.25) is 14.4 Å². The third-order valence-corrected chi connectivity index (χ3v) is 8.62. The van der Waals surface area contributed by atoms with Crippen LogP contribution in [0.15, 0.2) is 103 Å². The lowest BCUT2D eigenvalue weighted by atomic mass is 9.62. The first-order chi connectivity index (χ1) is 19.4. The summed E-state index contributed by atoms with van der Waals surface area (Å²) in [5.41, 5.74) is 1.61. The van der Waals surface area contributed by atoms with Crippen LogP contribution >= 0.6 is 11.6 Å². The lowest BCUT2D eigenvalue weighted by molar-refractivity contribution is -0.122. The van der Waals surface area contributed by atoms with Gasteiger partial charge in [-0.15, -0.1) is 0 Å². The van der Waals surface area contributed by atoms with Crippen molar-refractivity contribution in [3.8, 4) is 0 Å². The number of halogens is 2. The summed E-state index contributed by atoms with van der Waals surface area (Å²) < 4.78 is 14.9. The Hall–Kier alpha value is -4.55. The van der Waals surface area contributed by atoms with Crippen molar-refractivity contribution in [2.24, 2.45) is 5.92 Å². The zero-order valence-corrected chi connectivity index (χ0v) is 21.8. The molecule has 0 aliphatic carbocycles. The molecule has 0 bridgehead atoms. The summed E-state index contributed by atoms with van der Waals surface area (Å²) in [5, 5.41) is 3.40. The van der Waals surface area contributed by atoms with Crippen molar-refractivity contribution in [2.75, 3.05) is 5.32 Å². The van der Waals surface area contributed by atoms with Gasteiger partial charge in [-0.1, -0.05) is 66.2 Å². The molecular weight excluding hydrogens is 527 g/mol. The number of hydrogen-bond donors (Lipinski definition) is 1. The van der Waals surface area contributed by atoms with Gasteiger partial charge in [0.1, 0.15) is 17.3 Å². The van der Waals surface area contributed by atoms with Crippen LogP contribution in [0.5, 0.6) is 0 Å². The Kier molecular flexibility index (Phi) is 5.51. The number of nitrogens with zero attached hydrogens (tertiary/aromatic N) is 1. The Balaban J connectivity index is 1.55. The lowest BCUT2D eigenvalue weighted by Crippen LogP contribution is -2.49. The first-order valence-electron chi connectivity index (χ1n) is 13.0. The van der Waals surface area contributed by atoms with E-state index in [1.807, 2.05) is 35.2 Å². The second-order valence-corrected chi connectivity index (χ2v) is 10.8. The van der Waals surface area contributed by atoms with Gasteiger partial charge in [0.2, 0.25) is 5.91 Å². The number of rotatable bonds is 4. The molecule has 1 fully saturated rings. The number of carbonyl (C=O) groups is 3. The minimum atomic E-state index is -1.59. The third kappa shape index (κ3) is 3.36. The van der Waals surface area contributed by atoms with Crippen molar-refractivity contribution in [3.05, 3.63) is 142 Å². The average Bonchev–Trinajstić information content (AvgIpc) is 3.45. The number of hydrogen-bond acceptors (Lipinski definition) is 4. The van der Waals surface area contributed by atoms with Crippen LogP contribution in [0.4, 0.5) is 10.1 Å². The van der Waals surface area contributed by atoms with Crippen LogP contribution in [0.3, 0.4) is 0 Å². The standard InChI is InChI=1S/C33H22ClFN2O3/c34-22-12-10-21(11-13-22)30(39)28-27(29(38)20-7-2-1-3-8-20)33(25-18-23(35)14-15-26(25)36-32(33)40)31-24-9-5-4-6-19(24)16-17-37(28)31/h1-18,27-28,31H,(H,36,40)/t27-,28-,31?,33-/m0/s1. The van der Waals surface area contributed by atoms with Gasteiger partial charge >= 0.3 is 0 Å². The summed E-state index contributed by atoms with van der Waals surface area (Å²) in [6.45, 7) is 0. The van der Waals surface area contributed by atoms with Crippen LogP contribution in [0.1, 0.15) is 43.4 Å². The molecule has 3 aliphatic heterocycles. The zero-order chi connectivity index (χ0) is 27.6. The molecule has 0 aromatic heterocycles. The SMILES string of the molecule is O=C(c1ccc(Cl)cc1)[C@@H]1[C@@H](C(=O)c2ccccc2)[C@]2(C(=O)Nc3ccc(F)cc32)C2c3ccccc3C=CN21. The van der Waals surface area contributed by atoms with Crippen molar-refractivity contribution >= 4 is 40.8 Å². The molecule has 5 nitrogen and oxygen atoms in total. The van der Waals surface area contributed by atoms with Crippen molar-refractivity contribution in [2.45, 2.75) is 17.5 Å². The molecule has 7 heteroatoms. The molecule has 0 radical (unpaired) electrons. The topological polar surface area (TPSA) is 66.5 Å². The zero-order valence-electron chi connectivity index (χ0n) is 21.1. The summed E-state index contributed by atoms with van der Waals surface area (Å²) in [7, 11) is 0. The van der Waals surface area contributed by atoms with Crippen molar-refractivity contribution in [1.82, 2.24) is 4.90 Å². The van der Waals surface area contributed by atoms with Crippen molar-refractivity contribution in [3.63, 3.8) is 0 Å². The maximum Gasteiger partial charge on any atom is 0.238 e. The molecule has 0 saturated carbocycles. The fraction of sp³-hybridized carbons (Fsp3) is 0.121. The largest absolute Gasteiger partial charge is 0.358 e. The molecule has 4 atom stereocenters. The normalized spacial score (nSPS) is 23.9. The van der Waals surface area contributed by atoms with Gasteiger partial charge in [0.25, 0.3) is 0 Å². The Labute approximate surface area is 234 Å². The summed E-state index contributed by atoms with van der Waals surface area (Å²) in [6, 6.07) is 25.1. The van der Waals surface area contributed by atoms with Gasteiger partial charge in [0.15, 0.2) is 11.6 Å². The van der Waals surface area contributed by atoms with Gasteiger partial charge in [-0.25, -0.2) is 4.39 Å². The van der Waals surface area contributed by atoms with E-state index in [1.54, 1.807) is 60.8 Å². The van der Waals surface area contributed by atoms with Crippen LogP contribution in [-0.2, 0) is 10.2 Å². The lowest BCUT2D eigenvalue weighted by Gasteiger charge is -2.38. The minimum Gasteiger partial charge on any atom is -0.358 e. The van der Waals surface area contributed by atoms with E-state index in [0.717, 1.165) is 11.1 Å². The molecule has 7 rings (SSSR count). The van der Waals surface area contributed by atoms with E-state index >= 15 is 0 Å². The number of carbonyl (C=O) groups excluding carboxylic acids is 3. The molecule has 40 heavy (non-hydrogen) atoms. The highest BCUT2D eigenvalue weighted by molar-refractivity contribution is 6.30. The molecule has 1 amide bonds. The fourth-order valence-electron chi connectivity index (χ4n) is 6.75. The first-order valence-corrected chi connectivity index (χ1v) is 13.3. The number of ketones is 2. The molecule has 196 valence electrons. The van der Waals surface area contributed by atoms with Crippen LogP contribution in [-0.4, -0.2) is 28.4 Å². The van der Waals surface area contributed by atoms with E-state index in [9.17, 15) is 18.8 Å². The van der Waals surface area contributed by atoms with E-state index in [2.05, 4.69) is 5.32 Å². The van der Waals surface area contributed by atoms with E-state index < -0.39 is 35.1 Å². The van der Waals surface area contributed by atoms with E-state index in [-0.39, 0.29) is 11.6 Å². The number of anilines is 1. The first kappa shape index (κ1) is 24.5. The monoisotopic (exact) mass is 548 g/mol. The summed E-state index contributed by atoms with van der Waals surface area (Å²) in [6.07, 6.45) is 3.67. The highest BCUT2D eigenvalue weighted by Crippen LogP contribution is 2.62. The second kappa shape index (κ2) is 9.00. The highest BCUT2D eigenvalue weighted by Gasteiger charge is 2.70. The molecule has 1 saturated heterocycles. The van der Waals surface area contributed by atoms with Gasteiger partial charge in [-0.2, -0.15) is 0 Å². The van der Waals surface area contributed by atoms with E-state index in [4.69, 9.17) is 11.6 Å². The third-order valence-electron chi connectivity index (χ3n) is 8.36. The molecule has 1 spiro atoms. The van der Waals surface area contributed by atoms with Crippen LogP contribution < -0.4 is 5.32 Å². The number of benzene rings is 4. The average molecular weight is 549 g/mol. The van der Waals surface area contributed by atoms with Gasteiger partial charge in [0, 0.05) is 28.0 Å². The Bertz CT molecular complexity index is 1740. The molecule has 1 N–H and O–H groups in total. The summed E-state index contributed by atoms with van der Waals surface area (Å²) in [5.74, 6) is -2.81. The minimum absolute atomic E-state index is 0.325. The number of amides is 1. The number of Topliss-reactive ketones (excluding diaryl/α,β-unsaturated/α-hetero) is 2. The highest BCUT2D eigenvalue weighted by atomic mass is 35.5. The molecular formula is C33H22ClFN2O3. The second-order valence-electron chi connectivity index (χ2n) is 10.3. The van der Waals surface area contributed by atoms with Gasteiger partial charge < -0.3 is 10.2 Å². The van der Waals surface area contributed by atoms with Crippen molar-refractivity contribution in [1.29, 1.82) is 0 Å². The molecule has 1 unspecified atom stereocenters. The van der Waals surface area contributed by atoms with Crippen LogP contribution in [0.25, 0.3) is 6.08 Å².